The Kier molecular flexibility index (Phi) is 5.87. The summed E-state index contributed by atoms with van der Waals surface area (Å²) in [4.78, 5) is 14.6. The third-order valence-electron chi connectivity index (χ3n) is 9.69. The number of benzene rings is 7. The molecule has 0 radical (unpaired) electrons. The van der Waals surface area contributed by atoms with E-state index in [1.54, 1.807) is 0 Å². The second-order valence-corrected chi connectivity index (χ2v) is 12.4. The van der Waals surface area contributed by atoms with Crippen LogP contribution >= 0.6 is 0 Å². The topological polar surface area (TPSA) is 38.7 Å². The molecule has 0 bridgehead atoms. The Hall–Kier alpha value is -6.45. The van der Waals surface area contributed by atoms with Crippen LogP contribution in [0.2, 0.25) is 0 Å². The highest BCUT2D eigenvalue weighted by Gasteiger charge is 2.14. The summed E-state index contributed by atoms with van der Waals surface area (Å²) in [6.45, 7) is 0. The molecule has 222 valence electrons. The summed E-state index contributed by atoms with van der Waals surface area (Å²) in [5, 5.41) is 10.7. The Balaban J connectivity index is 1.08. The molecule has 0 N–H and O–H groups in total. The van der Waals surface area contributed by atoms with E-state index >= 15 is 0 Å². The van der Waals surface area contributed by atoms with Gasteiger partial charge in [0.1, 0.15) is 0 Å². The van der Waals surface area contributed by atoms with Crippen LogP contribution in [0.15, 0.2) is 164 Å². The first-order valence-electron chi connectivity index (χ1n) is 16.3. The van der Waals surface area contributed by atoms with Crippen molar-refractivity contribution in [2.24, 2.45) is 0 Å². The number of para-hydroxylation sites is 1. The van der Waals surface area contributed by atoms with Crippen LogP contribution in [-0.2, 0) is 0 Å². The van der Waals surface area contributed by atoms with Crippen molar-refractivity contribution in [2.75, 3.05) is 0 Å². The average Bonchev–Trinajstić information content (AvgIpc) is 3.16. The van der Waals surface area contributed by atoms with Crippen LogP contribution in [0.5, 0.6) is 0 Å². The van der Waals surface area contributed by atoms with Gasteiger partial charge in [0.05, 0.1) is 22.2 Å². The summed E-state index contributed by atoms with van der Waals surface area (Å²) in [5.74, 6) is 0. The first-order chi connectivity index (χ1) is 23.8. The zero-order valence-electron chi connectivity index (χ0n) is 25.9. The minimum absolute atomic E-state index is 0.933. The van der Waals surface area contributed by atoms with E-state index < -0.39 is 0 Å². The Morgan fingerprint density at radius 3 is 1.98 bits per heavy atom. The molecule has 0 spiro atoms. The van der Waals surface area contributed by atoms with Gasteiger partial charge in [0.2, 0.25) is 0 Å². The second kappa shape index (κ2) is 10.5. The maximum absolute atomic E-state index is 5.23. The van der Waals surface area contributed by atoms with Crippen molar-refractivity contribution in [2.45, 2.75) is 0 Å². The van der Waals surface area contributed by atoms with E-state index in [-0.39, 0.29) is 0 Å². The van der Waals surface area contributed by atoms with Gasteiger partial charge in [0.15, 0.2) is 0 Å². The lowest BCUT2D eigenvalue weighted by atomic mass is 9.93. The van der Waals surface area contributed by atoms with Gasteiger partial charge in [-0.3, -0.25) is 9.97 Å². The highest BCUT2D eigenvalue weighted by Crippen LogP contribution is 2.39. The van der Waals surface area contributed by atoms with Crippen LogP contribution in [0.4, 0.5) is 0 Å². The number of hydrogen-bond donors (Lipinski definition) is 0. The fourth-order valence-electron chi connectivity index (χ4n) is 7.39. The van der Waals surface area contributed by atoms with Crippen LogP contribution in [0.3, 0.4) is 0 Å². The van der Waals surface area contributed by atoms with Crippen LogP contribution in [0, 0.1) is 0 Å². The van der Waals surface area contributed by atoms with Crippen molar-refractivity contribution in [3.8, 4) is 33.5 Å². The van der Waals surface area contributed by atoms with E-state index in [9.17, 15) is 0 Å². The van der Waals surface area contributed by atoms with Gasteiger partial charge in [-0.1, -0.05) is 115 Å². The molecule has 0 atom stereocenters. The molecule has 10 aromatic rings. The van der Waals surface area contributed by atoms with E-state index in [1.165, 1.54) is 54.4 Å². The molecule has 3 heteroatoms. The van der Waals surface area contributed by atoms with E-state index in [0.29, 0.717) is 0 Å². The van der Waals surface area contributed by atoms with Crippen LogP contribution in [-0.4, -0.2) is 15.0 Å². The average molecular weight is 610 g/mol. The van der Waals surface area contributed by atoms with Crippen molar-refractivity contribution < 1.29 is 0 Å². The molecule has 48 heavy (non-hydrogen) atoms. The summed E-state index contributed by atoms with van der Waals surface area (Å²) < 4.78 is 0. The molecule has 0 saturated heterocycles. The quantitative estimate of drug-likeness (QED) is 0.187. The van der Waals surface area contributed by atoms with E-state index in [0.717, 1.165) is 44.1 Å². The maximum atomic E-state index is 5.23. The summed E-state index contributed by atoms with van der Waals surface area (Å²) in [6, 6.07) is 54.3. The minimum Gasteiger partial charge on any atom is -0.254 e. The molecule has 0 aliphatic heterocycles. The summed E-state index contributed by atoms with van der Waals surface area (Å²) in [6.07, 6.45) is 3.73. The SMILES string of the molecule is c1cc(-c2ccc3cc(-c4ccnc5c4ccc4cccnc45)ccc3c2)cc(-c2nc3ccccc3c3c2ccc2ccccc23)c1. The van der Waals surface area contributed by atoms with Gasteiger partial charge < -0.3 is 0 Å². The van der Waals surface area contributed by atoms with Crippen molar-refractivity contribution in [1.29, 1.82) is 0 Å². The highest BCUT2D eigenvalue weighted by atomic mass is 14.7. The number of rotatable bonds is 3. The fraction of sp³-hybridized carbons (Fsp3) is 0. The van der Waals surface area contributed by atoms with Gasteiger partial charge in [-0.15, -0.1) is 0 Å². The Morgan fingerprint density at radius 1 is 0.354 bits per heavy atom. The van der Waals surface area contributed by atoms with Gasteiger partial charge in [-0.2, -0.15) is 0 Å². The molecule has 0 unspecified atom stereocenters. The second-order valence-electron chi connectivity index (χ2n) is 12.4. The molecule has 0 aliphatic rings. The number of fused-ring (bicyclic) bond motifs is 9. The van der Waals surface area contributed by atoms with Crippen molar-refractivity contribution in [3.05, 3.63) is 164 Å². The molecular weight excluding hydrogens is 583 g/mol. The molecule has 10 rings (SSSR count). The normalized spacial score (nSPS) is 11.8. The lowest BCUT2D eigenvalue weighted by Gasteiger charge is -2.14. The molecule has 0 amide bonds. The molecular formula is C45H27N3. The van der Waals surface area contributed by atoms with Gasteiger partial charge >= 0.3 is 0 Å². The molecule has 0 saturated carbocycles. The Morgan fingerprint density at radius 2 is 1.04 bits per heavy atom. The molecule has 3 nitrogen and oxygen atoms in total. The lowest BCUT2D eigenvalue weighted by molar-refractivity contribution is 1.37. The Bertz CT molecular complexity index is 2890. The highest BCUT2D eigenvalue weighted by molar-refractivity contribution is 6.22. The summed E-state index contributed by atoms with van der Waals surface area (Å²) in [5.41, 5.74) is 9.68. The molecule has 3 aromatic heterocycles. The van der Waals surface area contributed by atoms with E-state index in [1.807, 2.05) is 18.5 Å². The van der Waals surface area contributed by atoms with Gasteiger partial charge in [-0.25, -0.2) is 4.98 Å². The number of pyridine rings is 3. The van der Waals surface area contributed by atoms with Crippen molar-refractivity contribution >= 4 is 65.0 Å². The summed E-state index contributed by atoms with van der Waals surface area (Å²) in [7, 11) is 0. The first-order valence-corrected chi connectivity index (χ1v) is 16.3. The van der Waals surface area contributed by atoms with E-state index in [4.69, 9.17) is 9.97 Å². The zero-order valence-corrected chi connectivity index (χ0v) is 25.9. The Labute approximate surface area is 276 Å². The maximum Gasteiger partial charge on any atom is 0.0970 e. The van der Waals surface area contributed by atoms with Gasteiger partial charge in [0.25, 0.3) is 0 Å². The number of nitrogens with zero attached hydrogens (tertiary/aromatic N) is 3. The number of aromatic nitrogens is 3. The van der Waals surface area contributed by atoms with Crippen LogP contribution in [0.1, 0.15) is 0 Å². The van der Waals surface area contributed by atoms with Crippen molar-refractivity contribution in [1.82, 2.24) is 15.0 Å². The third kappa shape index (κ3) is 4.18. The third-order valence-corrected chi connectivity index (χ3v) is 9.69. The van der Waals surface area contributed by atoms with E-state index in [2.05, 4.69) is 151 Å². The van der Waals surface area contributed by atoms with Gasteiger partial charge in [0, 0.05) is 44.9 Å². The largest absolute Gasteiger partial charge is 0.254 e. The first kappa shape index (κ1) is 26.7. The predicted molar refractivity (Wildman–Crippen MR) is 201 cm³/mol. The number of hydrogen-bond acceptors (Lipinski definition) is 3. The monoisotopic (exact) mass is 609 g/mol. The predicted octanol–water partition coefficient (Wildman–Crippen LogP) is 11.8. The molecule has 3 heterocycles. The van der Waals surface area contributed by atoms with Crippen LogP contribution in [0.25, 0.3) is 98.5 Å². The smallest absolute Gasteiger partial charge is 0.0970 e. The molecule has 0 aliphatic carbocycles. The fourth-order valence-corrected chi connectivity index (χ4v) is 7.39. The van der Waals surface area contributed by atoms with Crippen molar-refractivity contribution in [3.63, 3.8) is 0 Å². The molecule has 0 fully saturated rings. The van der Waals surface area contributed by atoms with Gasteiger partial charge in [-0.05, 0) is 80.2 Å². The van der Waals surface area contributed by atoms with Crippen LogP contribution < -0.4 is 0 Å². The minimum atomic E-state index is 0.933. The summed E-state index contributed by atoms with van der Waals surface area (Å²) >= 11 is 0. The standard InChI is InChI=1S/C45H27N3/c1-2-11-37-28(7-1)18-21-40-42(37)39-12-3-4-13-41(39)48-43(40)35-9-5-8-30(27-35)31-14-15-33-26-34(17-16-32(33)25-31)36-22-24-47-45-38(36)20-19-29-10-6-23-46-44(29)45/h1-27H. The zero-order chi connectivity index (χ0) is 31.6. The molecule has 7 aromatic carbocycles. The lowest BCUT2D eigenvalue weighted by Crippen LogP contribution is -1.91.